The number of carbonyl (C=O) groups is 1. The van der Waals surface area contributed by atoms with Gasteiger partial charge in [0, 0.05) is 17.6 Å². The van der Waals surface area contributed by atoms with Crippen LogP contribution in [-0.2, 0) is 15.0 Å². The first-order valence-corrected chi connectivity index (χ1v) is 8.38. The van der Waals surface area contributed by atoms with Gasteiger partial charge in [-0.1, -0.05) is 22.0 Å². The second-order valence-electron chi connectivity index (χ2n) is 4.65. The molecule has 1 atom stereocenters. The summed E-state index contributed by atoms with van der Waals surface area (Å²) in [7, 11) is -3.72. The summed E-state index contributed by atoms with van der Waals surface area (Å²) in [6, 6.07) is 6.80. The molecule has 0 aromatic heterocycles. The largest absolute Gasteiger partial charge is 0.481 e. The van der Waals surface area contributed by atoms with E-state index in [9.17, 15) is 13.2 Å². The minimum atomic E-state index is -3.72. The molecule has 2 N–H and O–H groups in total. The third kappa shape index (κ3) is 3.71. The Hall–Kier alpha value is -1.12. The molecule has 6 nitrogen and oxygen atoms in total. The van der Waals surface area contributed by atoms with Gasteiger partial charge in [0.15, 0.2) is 0 Å². The first kappa shape index (κ1) is 15.3. The second kappa shape index (κ2) is 6.11. The fraction of sp³-hybridized carbons (Fsp3) is 0.417. The van der Waals surface area contributed by atoms with Gasteiger partial charge in [0.05, 0.1) is 11.6 Å². The minimum Gasteiger partial charge on any atom is -0.481 e. The predicted molar refractivity (Wildman–Crippen MR) is 78.6 cm³/mol. The Bertz CT molecular complexity index is 605. The maximum Gasteiger partial charge on any atom is 0.307 e. The van der Waals surface area contributed by atoms with E-state index < -0.39 is 22.1 Å². The number of nitrogens with one attached hydrogen (secondary N) is 1. The molecule has 1 aromatic carbocycles. The monoisotopic (exact) mass is 362 g/mol. The molecule has 1 aliphatic rings. The summed E-state index contributed by atoms with van der Waals surface area (Å²) in [5.41, 5.74) is 0.442. The van der Waals surface area contributed by atoms with E-state index in [1.807, 2.05) is 0 Å². The fourth-order valence-corrected chi connectivity index (χ4v) is 3.83. The van der Waals surface area contributed by atoms with Crippen molar-refractivity contribution in [1.29, 1.82) is 0 Å². The molecule has 0 saturated carbocycles. The quantitative estimate of drug-likeness (QED) is 0.856. The van der Waals surface area contributed by atoms with Crippen molar-refractivity contribution in [3.05, 3.63) is 28.7 Å². The van der Waals surface area contributed by atoms with E-state index in [-0.39, 0.29) is 6.54 Å². The number of carboxylic acids is 1. The van der Waals surface area contributed by atoms with Crippen LogP contribution in [0.5, 0.6) is 0 Å². The van der Waals surface area contributed by atoms with Crippen molar-refractivity contribution in [3.8, 4) is 0 Å². The summed E-state index contributed by atoms with van der Waals surface area (Å²) in [6.07, 6.45) is 1.06. The van der Waals surface area contributed by atoms with Crippen molar-refractivity contribution in [2.24, 2.45) is 5.92 Å². The second-order valence-corrected chi connectivity index (χ2v) is 7.24. The van der Waals surface area contributed by atoms with Gasteiger partial charge >= 0.3 is 16.2 Å². The summed E-state index contributed by atoms with van der Waals surface area (Å²) < 4.78 is 28.9. The molecule has 1 aromatic rings. The molecule has 0 bridgehead atoms. The molecule has 1 aliphatic heterocycles. The number of anilines is 1. The maximum absolute atomic E-state index is 12.2. The molecule has 1 saturated heterocycles. The van der Waals surface area contributed by atoms with E-state index in [0.717, 1.165) is 4.47 Å². The number of hydrogen-bond acceptors (Lipinski definition) is 3. The average molecular weight is 363 g/mol. The molecule has 1 heterocycles. The van der Waals surface area contributed by atoms with Crippen LogP contribution < -0.4 is 4.72 Å². The van der Waals surface area contributed by atoms with E-state index in [1.165, 1.54) is 4.31 Å². The highest BCUT2D eigenvalue weighted by atomic mass is 79.9. The number of piperidine rings is 1. The zero-order valence-electron chi connectivity index (χ0n) is 10.6. The highest BCUT2D eigenvalue weighted by Crippen LogP contribution is 2.22. The molecule has 1 unspecified atom stereocenters. The Labute approximate surface area is 126 Å². The van der Waals surface area contributed by atoms with Gasteiger partial charge < -0.3 is 5.11 Å². The van der Waals surface area contributed by atoms with Gasteiger partial charge in [-0.2, -0.15) is 12.7 Å². The molecule has 0 radical (unpaired) electrons. The fourth-order valence-electron chi connectivity index (χ4n) is 2.13. The first-order valence-electron chi connectivity index (χ1n) is 6.15. The molecule has 20 heavy (non-hydrogen) atoms. The number of aliphatic carboxylic acids is 1. The van der Waals surface area contributed by atoms with E-state index in [0.29, 0.717) is 25.1 Å². The van der Waals surface area contributed by atoms with E-state index in [2.05, 4.69) is 20.7 Å². The van der Waals surface area contributed by atoms with Gasteiger partial charge in [0.1, 0.15) is 0 Å². The van der Waals surface area contributed by atoms with E-state index in [4.69, 9.17) is 5.11 Å². The normalized spacial score (nSPS) is 20.6. The van der Waals surface area contributed by atoms with Gasteiger partial charge in [-0.3, -0.25) is 9.52 Å². The van der Waals surface area contributed by atoms with Crippen molar-refractivity contribution in [2.45, 2.75) is 12.8 Å². The SMILES string of the molecule is O=C(O)C1CCCN(S(=O)(=O)Nc2cccc(Br)c2)C1. The molecule has 0 spiro atoms. The van der Waals surface area contributed by atoms with Crippen LogP contribution in [0.3, 0.4) is 0 Å². The maximum atomic E-state index is 12.2. The number of rotatable bonds is 4. The first-order chi connectivity index (χ1) is 9.38. The summed E-state index contributed by atoms with van der Waals surface area (Å²) in [6.45, 7) is 0.353. The number of hydrogen-bond donors (Lipinski definition) is 2. The minimum absolute atomic E-state index is 0.0126. The Morgan fingerprint density at radius 2 is 2.20 bits per heavy atom. The van der Waals surface area contributed by atoms with Crippen LogP contribution in [0, 0.1) is 5.92 Å². The predicted octanol–water partition coefficient (Wildman–Crippen LogP) is 1.90. The molecule has 1 fully saturated rings. The summed E-state index contributed by atoms with van der Waals surface area (Å²) in [5.74, 6) is -1.59. The van der Waals surface area contributed by atoms with Crippen LogP contribution in [0.25, 0.3) is 0 Å². The number of benzene rings is 1. The summed E-state index contributed by atoms with van der Waals surface area (Å²) >= 11 is 3.27. The molecule has 0 aliphatic carbocycles. The van der Waals surface area contributed by atoms with Crippen molar-refractivity contribution in [2.75, 3.05) is 17.8 Å². The molecular weight excluding hydrogens is 348 g/mol. The van der Waals surface area contributed by atoms with Crippen LogP contribution in [0.1, 0.15) is 12.8 Å². The van der Waals surface area contributed by atoms with Crippen LogP contribution in [-0.4, -0.2) is 36.9 Å². The van der Waals surface area contributed by atoms with Crippen LogP contribution in [0.4, 0.5) is 5.69 Å². The highest BCUT2D eigenvalue weighted by molar-refractivity contribution is 9.10. The molecular formula is C12H15BrN2O4S. The summed E-state index contributed by atoms with van der Waals surface area (Å²) in [5, 5.41) is 9.00. The third-order valence-electron chi connectivity index (χ3n) is 3.14. The van der Waals surface area contributed by atoms with E-state index in [1.54, 1.807) is 24.3 Å². The van der Waals surface area contributed by atoms with Crippen molar-refractivity contribution in [3.63, 3.8) is 0 Å². The van der Waals surface area contributed by atoms with Gasteiger partial charge in [-0.05, 0) is 31.0 Å². The Morgan fingerprint density at radius 1 is 1.45 bits per heavy atom. The smallest absolute Gasteiger partial charge is 0.307 e. The molecule has 8 heteroatoms. The lowest BCUT2D eigenvalue weighted by molar-refractivity contribution is -0.142. The third-order valence-corrected chi connectivity index (χ3v) is 5.14. The molecule has 110 valence electrons. The zero-order chi connectivity index (χ0) is 14.8. The topological polar surface area (TPSA) is 86.7 Å². The van der Waals surface area contributed by atoms with Gasteiger partial charge in [0.25, 0.3) is 0 Å². The van der Waals surface area contributed by atoms with Crippen LogP contribution in [0.2, 0.25) is 0 Å². The number of halogens is 1. The Kier molecular flexibility index (Phi) is 4.66. The number of nitrogens with zero attached hydrogens (tertiary/aromatic N) is 1. The van der Waals surface area contributed by atoms with Gasteiger partial charge in [-0.15, -0.1) is 0 Å². The molecule has 2 rings (SSSR count). The molecule has 0 amide bonds. The van der Waals surface area contributed by atoms with Gasteiger partial charge in [0.2, 0.25) is 0 Å². The van der Waals surface area contributed by atoms with Crippen molar-refractivity contribution >= 4 is 37.8 Å². The van der Waals surface area contributed by atoms with Crippen LogP contribution in [0.15, 0.2) is 28.7 Å². The average Bonchev–Trinajstić information content (AvgIpc) is 2.38. The van der Waals surface area contributed by atoms with Crippen LogP contribution >= 0.6 is 15.9 Å². The lowest BCUT2D eigenvalue weighted by Gasteiger charge is -2.29. The number of carboxylic acid groups (broad SMARTS) is 1. The standard InChI is InChI=1S/C12H15BrN2O4S/c13-10-4-1-5-11(7-10)14-20(18,19)15-6-2-3-9(8-15)12(16)17/h1,4-5,7,9,14H,2-3,6,8H2,(H,16,17). The lowest BCUT2D eigenvalue weighted by Crippen LogP contribution is -2.44. The van der Waals surface area contributed by atoms with Crippen molar-refractivity contribution < 1.29 is 18.3 Å². The zero-order valence-corrected chi connectivity index (χ0v) is 13.0. The van der Waals surface area contributed by atoms with Gasteiger partial charge in [-0.25, -0.2) is 0 Å². The highest BCUT2D eigenvalue weighted by Gasteiger charge is 2.32. The van der Waals surface area contributed by atoms with Crippen molar-refractivity contribution in [1.82, 2.24) is 4.31 Å². The van der Waals surface area contributed by atoms with E-state index >= 15 is 0 Å². The summed E-state index contributed by atoms with van der Waals surface area (Å²) in [4.78, 5) is 11.0. The lowest BCUT2D eigenvalue weighted by atomic mass is 10.0. The Morgan fingerprint density at radius 3 is 2.85 bits per heavy atom. The Balaban J connectivity index is 2.12.